The van der Waals surface area contributed by atoms with Crippen molar-refractivity contribution in [3.05, 3.63) is 81.2 Å². The van der Waals surface area contributed by atoms with Crippen molar-refractivity contribution in [3.8, 4) is 5.75 Å². The van der Waals surface area contributed by atoms with Gasteiger partial charge >= 0.3 is 5.63 Å². The standard InChI is InChI=1S/C20H16ClNO4/c1-12-8-20(23)25-19-10-13(6-7-15(12)19)24-11-14-9-18(22-26-14)16-4-2-3-5-17(16)21/h2-10,14,22H,11H2,1H3/t14-/m0/s1. The lowest BCUT2D eigenvalue weighted by atomic mass is 10.1. The number of nitrogens with one attached hydrogen (secondary N) is 1. The molecule has 4 rings (SSSR count). The lowest BCUT2D eigenvalue weighted by Crippen LogP contribution is -2.19. The number of rotatable bonds is 4. The molecule has 26 heavy (non-hydrogen) atoms. The van der Waals surface area contributed by atoms with E-state index in [9.17, 15) is 4.79 Å². The van der Waals surface area contributed by atoms with E-state index in [0.29, 0.717) is 23.0 Å². The predicted octanol–water partition coefficient (Wildman–Crippen LogP) is 4.08. The molecule has 1 N–H and O–H groups in total. The summed E-state index contributed by atoms with van der Waals surface area (Å²) in [7, 11) is 0. The molecular formula is C20H16ClNO4. The molecule has 0 saturated carbocycles. The van der Waals surface area contributed by atoms with Crippen LogP contribution in [0.1, 0.15) is 11.1 Å². The third-order valence-electron chi connectivity index (χ3n) is 4.17. The Morgan fingerprint density at radius 3 is 2.88 bits per heavy atom. The molecule has 1 aromatic heterocycles. The molecule has 0 aliphatic carbocycles. The molecule has 5 nitrogen and oxygen atoms in total. The van der Waals surface area contributed by atoms with Crippen LogP contribution in [0.3, 0.4) is 0 Å². The van der Waals surface area contributed by atoms with Crippen LogP contribution >= 0.6 is 11.6 Å². The summed E-state index contributed by atoms with van der Waals surface area (Å²) in [5.41, 5.74) is 5.57. The SMILES string of the molecule is Cc1cc(=O)oc2cc(OC[C@@H]3C=C(c4ccccc4Cl)NO3)ccc12. The van der Waals surface area contributed by atoms with E-state index in [4.69, 9.17) is 25.6 Å². The van der Waals surface area contributed by atoms with Gasteiger partial charge in [-0.15, -0.1) is 0 Å². The minimum Gasteiger partial charge on any atom is -0.490 e. The third kappa shape index (κ3) is 3.31. The van der Waals surface area contributed by atoms with Crippen molar-refractivity contribution in [2.75, 3.05) is 6.61 Å². The molecule has 132 valence electrons. The Labute approximate surface area is 154 Å². The second-order valence-electron chi connectivity index (χ2n) is 6.04. The van der Waals surface area contributed by atoms with Gasteiger partial charge < -0.3 is 9.15 Å². The number of fused-ring (bicyclic) bond motifs is 1. The average Bonchev–Trinajstić information content (AvgIpc) is 3.08. The molecule has 0 spiro atoms. The second-order valence-corrected chi connectivity index (χ2v) is 6.44. The Morgan fingerprint density at radius 1 is 1.19 bits per heavy atom. The van der Waals surface area contributed by atoms with Crippen molar-refractivity contribution in [1.29, 1.82) is 0 Å². The smallest absolute Gasteiger partial charge is 0.336 e. The Bertz CT molecular complexity index is 1060. The lowest BCUT2D eigenvalue weighted by Gasteiger charge is -2.10. The van der Waals surface area contributed by atoms with Crippen molar-refractivity contribution >= 4 is 28.3 Å². The van der Waals surface area contributed by atoms with Gasteiger partial charge in [-0.1, -0.05) is 29.8 Å². The Kier molecular flexibility index (Phi) is 4.41. The molecule has 0 saturated heterocycles. The van der Waals surface area contributed by atoms with Crippen LogP contribution in [-0.4, -0.2) is 12.7 Å². The predicted molar refractivity (Wildman–Crippen MR) is 100 cm³/mol. The lowest BCUT2D eigenvalue weighted by molar-refractivity contribution is 0.0236. The molecule has 0 radical (unpaired) electrons. The second kappa shape index (κ2) is 6.86. The molecule has 0 bridgehead atoms. The van der Waals surface area contributed by atoms with Crippen LogP contribution in [0.25, 0.3) is 16.7 Å². The van der Waals surface area contributed by atoms with E-state index in [1.54, 1.807) is 6.07 Å². The van der Waals surface area contributed by atoms with Crippen molar-refractivity contribution in [2.45, 2.75) is 13.0 Å². The highest BCUT2D eigenvalue weighted by Crippen LogP contribution is 2.26. The molecular weight excluding hydrogens is 354 g/mol. The van der Waals surface area contributed by atoms with Crippen LogP contribution in [0.2, 0.25) is 5.02 Å². The van der Waals surface area contributed by atoms with E-state index >= 15 is 0 Å². The molecule has 2 heterocycles. The summed E-state index contributed by atoms with van der Waals surface area (Å²) < 4.78 is 11.0. The zero-order chi connectivity index (χ0) is 18.1. The highest BCUT2D eigenvalue weighted by Gasteiger charge is 2.19. The first-order valence-corrected chi connectivity index (χ1v) is 8.53. The number of hydrogen-bond donors (Lipinski definition) is 1. The first-order valence-electron chi connectivity index (χ1n) is 8.16. The largest absolute Gasteiger partial charge is 0.490 e. The van der Waals surface area contributed by atoms with E-state index in [2.05, 4.69) is 5.48 Å². The Balaban J connectivity index is 1.49. The molecule has 2 aromatic carbocycles. The number of aryl methyl sites for hydroxylation is 1. The monoisotopic (exact) mass is 369 g/mol. The van der Waals surface area contributed by atoms with Gasteiger partial charge in [-0.25, -0.2) is 4.79 Å². The van der Waals surface area contributed by atoms with Crippen LogP contribution in [0.4, 0.5) is 0 Å². The van der Waals surface area contributed by atoms with E-state index in [1.807, 2.05) is 49.4 Å². The maximum atomic E-state index is 11.5. The van der Waals surface area contributed by atoms with Crippen molar-refractivity contribution in [3.63, 3.8) is 0 Å². The number of hydroxylamine groups is 1. The first-order chi connectivity index (χ1) is 12.6. The van der Waals surface area contributed by atoms with Crippen molar-refractivity contribution in [1.82, 2.24) is 5.48 Å². The van der Waals surface area contributed by atoms with Crippen LogP contribution in [0.5, 0.6) is 5.75 Å². The number of benzene rings is 2. The van der Waals surface area contributed by atoms with Gasteiger partial charge in [-0.3, -0.25) is 10.3 Å². The first kappa shape index (κ1) is 16.7. The third-order valence-corrected chi connectivity index (χ3v) is 4.50. The summed E-state index contributed by atoms with van der Waals surface area (Å²) in [6.45, 7) is 2.18. The van der Waals surface area contributed by atoms with Gasteiger partial charge in [-0.05, 0) is 36.8 Å². The van der Waals surface area contributed by atoms with Gasteiger partial charge in [0.2, 0.25) is 0 Å². The van der Waals surface area contributed by atoms with Gasteiger partial charge in [0.1, 0.15) is 24.0 Å². The molecule has 0 fully saturated rings. The molecule has 6 heteroatoms. The fraction of sp³-hybridized carbons (Fsp3) is 0.150. The molecule has 1 aliphatic rings. The molecule has 0 unspecified atom stereocenters. The minimum absolute atomic E-state index is 0.263. The van der Waals surface area contributed by atoms with E-state index in [-0.39, 0.29) is 11.7 Å². The molecule has 1 aliphatic heterocycles. The van der Waals surface area contributed by atoms with Crippen molar-refractivity contribution in [2.24, 2.45) is 0 Å². The Hall–Kier alpha value is -2.76. The number of ether oxygens (including phenoxy) is 1. The van der Waals surface area contributed by atoms with Gasteiger partial charge in [0.15, 0.2) is 0 Å². The fourth-order valence-corrected chi connectivity index (χ4v) is 3.11. The summed E-state index contributed by atoms with van der Waals surface area (Å²) in [6.07, 6.45) is 1.66. The van der Waals surface area contributed by atoms with Crippen molar-refractivity contribution < 1.29 is 14.0 Å². The van der Waals surface area contributed by atoms with Gasteiger partial charge in [-0.2, -0.15) is 0 Å². The van der Waals surface area contributed by atoms with E-state index in [0.717, 1.165) is 22.2 Å². The summed E-state index contributed by atoms with van der Waals surface area (Å²) in [6, 6.07) is 14.4. The van der Waals surface area contributed by atoms with E-state index in [1.165, 1.54) is 6.07 Å². The van der Waals surface area contributed by atoms with Gasteiger partial charge in [0.05, 0.1) is 5.70 Å². The summed E-state index contributed by atoms with van der Waals surface area (Å²) in [5.74, 6) is 0.606. The Morgan fingerprint density at radius 2 is 2.04 bits per heavy atom. The molecule has 1 atom stereocenters. The highest BCUT2D eigenvalue weighted by molar-refractivity contribution is 6.32. The van der Waals surface area contributed by atoms with Crippen LogP contribution in [0.15, 0.2) is 63.8 Å². The zero-order valence-electron chi connectivity index (χ0n) is 14.0. The van der Waals surface area contributed by atoms with Crippen LogP contribution < -0.4 is 15.8 Å². The van der Waals surface area contributed by atoms with Crippen LogP contribution in [0, 0.1) is 6.92 Å². The quantitative estimate of drug-likeness (QED) is 0.702. The van der Waals surface area contributed by atoms with E-state index < -0.39 is 0 Å². The normalized spacial score (nSPS) is 16.4. The number of hydrogen-bond acceptors (Lipinski definition) is 5. The van der Waals surface area contributed by atoms with Crippen LogP contribution in [-0.2, 0) is 4.84 Å². The minimum atomic E-state index is -0.372. The topological polar surface area (TPSA) is 60.7 Å². The van der Waals surface area contributed by atoms with Gasteiger partial charge in [0.25, 0.3) is 0 Å². The average molecular weight is 370 g/mol. The van der Waals surface area contributed by atoms with Gasteiger partial charge in [0, 0.05) is 28.1 Å². The maximum Gasteiger partial charge on any atom is 0.336 e. The zero-order valence-corrected chi connectivity index (χ0v) is 14.7. The fourth-order valence-electron chi connectivity index (χ4n) is 2.87. The highest BCUT2D eigenvalue weighted by atomic mass is 35.5. The summed E-state index contributed by atoms with van der Waals surface area (Å²) in [5, 5.41) is 1.54. The summed E-state index contributed by atoms with van der Waals surface area (Å²) >= 11 is 6.20. The molecule has 0 amide bonds. The molecule has 3 aromatic rings. The maximum absolute atomic E-state index is 11.5. The number of halogens is 1. The summed E-state index contributed by atoms with van der Waals surface area (Å²) in [4.78, 5) is 17.0.